The number of thiophene rings is 1. The summed E-state index contributed by atoms with van der Waals surface area (Å²) in [5, 5.41) is 5.40. The van der Waals surface area contributed by atoms with Crippen LogP contribution in [0.1, 0.15) is 20.4 Å². The van der Waals surface area contributed by atoms with Gasteiger partial charge in [-0.2, -0.15) is 0 Å². The van der Waals surface area contributed by atoms with E-state index in [1.54, 1.807) is 6.07 Å². The Morgan fingerprint density at radius 2 is 2.00 bits per heavy atom. The number of carbonyl (C=O) groups excluding carboxylic acids is 2. The Morgan fingerprint density at radius 3 is 2.75 bits per heavy atom. The Labute approximate surface area is 143 Å². The number of carbonyl (C=O) groups is 2. The first-order valence-corrected chi connectivity index (χ1v) is 8.48. The second kappa shape index (κ2) is 7.27. The van der Waals surface area contributed by atoms with E-state index in [4.69, 9.17) is 0 Å². The fourth-order valence-electron chi connectivity index (χ4n) is 2.31. The molecule has 7 heteroatoms. The van der Waals surface area contributed by atoms with E-state index in [-0.39, 0.29) is 18.4 Å². The Balaban J connectivity index is 1.41. The maximum absolute atomic E-state index is 11.9. The molecule has 3 aromatic rings. The Morgan fingerprint density at radius 1 is 1.17 bits per heavy atom. The number of rotatable bonds is 6. The van der Waals surface area contributed by atoms with E-state index >= 15 is 0 Å². The van der Waals surface area contributed by atoms with Gasteiger partial charge in [-0.1, -0.05) is 12.1 Å². The molecule has 3 rings (SSSR count). The highest BCUT2D eigenvalue weighted by atomic mass is 32.1. The van der Waals surface area contributed by atoms with Crippen LogP contribution in [0.15, 0.2) is 36.4 Å². The highest BCUT2D eigenvalue weighted by Crippen LogP contribution is 2.14. The standard InChI is InChI=1S/C17H18N4O2S/c1-11-6-7-14(24-11)17(23)19-10-16(22)18-9-8-15-20-12-4-2-3-5-13(12)21-15/h2-7H,8-10H2,1H3,(H,18,22)(H,19,23)(H,20,21). The van der Waals surface area contributed by atoms with Gasteiger partial charge in [0.15, 0.2) is 0 Å². The molecule has 0 atom stereocenters. The number of fused-ring (bicyclic) bond motifs is 1. The van der Waals surface area contributed by atoms with E-state index < -0.39 is 0 Å². The highest BCUT2D eigenvalue weighted by molar-refractivity contribution is 7.13. The van der Waals surface area contributed by atoms with Gasteiger partial charge < -0.3 is 15.6 Å². The topological polar surface area (TPSA) is 86.9 Å². The van der Waals surface area contributed by atoms with Crippen LogP contribution in [0.4, 0.5) is 0 Å². The van der Waals surface area contributed by atoms with Gasteiger partial charge in [-0.25, -0.2) is 4.98 Å². The summed E-state index contributed by atoms with van der Waals surface area (Å²) in [5.41, 5.74) is 1.90. The second-order valence-corrected chi connectivity index (χ2v) is 6.68. The minimum Gasteiger partial charge on any atom is -0.354 e. The molecule has 2 heterocycles. The Bertz CT molecular complexity index is 835. The van der Waals surface area contributed by atoms with E-state index in [2.05, 4.69) is 20.6 Å². The molecule has 2 aromatic heterocycles. The smallest absolute Gasteiger partial charge is 0.261 e. The minimum atomic E-state index is -0.222. The van der Waals surface area contributed by atoms with Crippen LogP contribution in [0.5, 0.6) is 0 Å². The Kier molecular flexibility index (Phi) is 4.90. The molecule has 6 nitrogen and oxygen atoms in total. The zero-order valence-corrected chi connectivity index (χ0v) is 14.1. The molecule has 3 N–H and O–H groups in total. The van der Waals surface area contributed by atoms with Crippen LogP contribution < -0.4 is 10.6 Å². The maximum atomic E-state index is 11.9. The monoisotopic (exact) mass is 342 g/mol. The number of nitrogens with zero attached hydrogens (tertiary/aromatic N) is 1. The number of hydrogen-bond donors (Lipinski definition) is 3. The molecule has 0 bridgehead atoms. The summed E-state index contributed by atoms with van der Waals surface area (Å²) < 4.78 is 0. The average Bonchev–Trinajstić information content (AvgIpc) is 3.18. The van der Waals surface area contributed by atoms with Gasteiger partial charge in [-0.15, -0.1) is 11.3 Å². The largest absolute Gasteiger partial charge is 0.354 e. The third-order valence-electron chi connectivity index (χ3n) is 3.50. The van der Waals surface area contributed by atoms with E-state index in [0.717, 1.165) is 21.7 Å². The molecule has 2 amide bonds. The third-order valence-corrected chi connectivity index (χ3v) is 4.50. The number of hydrogen-bond acceptors (Lipinski definition) is 4. The predicted molar refractivity (Wildman–Crippen MR) is 94.2 cm³/mol. The molecule has 0 saturated heterocycles. The summed E-state index contributed by atoms with van der Waals surface area (Å²) in [6.45, 7) is 2.37. The lowest BCUT2D eigenvalue weighted by Crippen LogP contribution is -2.37. The number of aryl methyl sites for hydroxylation is 1. The molecule has 0 aliphatic carbocycles. The minimum absolute atomic E-state index is 0.0318. The molecule has 0 spiro atoms. The number of aromatic nitrogens is 2. The van der Waals surface area contributed by atoms with Crippen LogP contribution in [0.3, 0.4) is 0 Å². The third kappa shape index (κ3) is 3.99. The van der Waals surface area contributed by atoms with Crippen molar-refractivity contribution in [3.63, 3.8) is 0 Å². The van der Waals surface area contributed by atoms with E-state index in [1.165, 1.54) is 11.3 Å². The van der Waals surface area contributed by atoms with Crippen molar-refractivity contribution in [2.75, 3.05) is 13.1 Å². The molecule has 0 aliphatic rings. The molecule has 0 unspecified atom stereocenters. The first kappa shape index (κ1) is 16.2. The second-order valence-electron chi connectivity index (χ2n) is 5.39. The van der Waals surface area contributed by atoms with Crippen molar-refractivity contribution in [2.45, 2.75) is 13.3 Å². The van der Waals surface area contributed by atoms with E-state index in [1.807, 2.05) is 37.3 Å². The number of nitrogens with one attached hydrogen (secondary N) is 3. The van der Waals surface area contributed by atoms with Crippen LogP contribution >= 0.6 is 11.3 Å². The lowest BCUT2D eigenvalue weighted by atomic mass is 10.3. The summed E-state index contributed by atoms with van der Waals surface area (Å²) >= 11 is 1.41. The number of imidazole rings is 1. The molecular weight excluding hydrogens is 324 g/mol. The van der Waals surface area contributed by atoms with Crippen molar-refractivity contribution in [3.8, 4) is 0 Å². The number of aromatic amines is 1. The molecule has 24 heavy (non-hydrogen) atoms. The summed E-state index contributed by atoms with van der Waals surface area (Å²) in [7, 11) is 0. The normalized spacial score (nSPS) is 10.7. The van der Waals surface area contributed by atoms with Crippen molar-refractivity contribution in [3.05, 3.63) is 52.0 Å². The lowest BCUT2D eigenvalue weighted by molar-refractivity contribution is -0.120. The van der Waals surface area contributed by atoms with Gasteiger partial charge in [0.25, 0.3) is 5.91 Å². The van der Waals surface area contributed by atoms with Gasteiger partial charge in [-0.3, -0.25) is 9.59 Å². The number of benzene rings is 1. The molecular formula is C17H18N4O2S. The molecule has 0 saturated carbocycles. The van der Waals surface area contributed by atoms with E-state index in [0.29, 0.717) is 17.8 Å². The van der Waals surface area contributed by atoms with Crippen molar-refractivity contribution < 1.29 is 9.59 Å². The molecule has 124 valence electrons. The lowest BCUT2D eigenvalue weighted by Gasteiger charge is -2.05. The molecule has 0 aliphatic heterocycles. The fraction of sp³-hybridized carbons (Fsp3) is 0.235. The van der Waals surface area contributed by atoms with Gasteiger partial charge in [-0.05, 0) is 31.2 Å². The molecule has 0 fully saturated rings. The Hall–Kier alpha value is -2.67. The summed E-state index contributed by atoms with van der Waals surface area (Å²) in [4.78, 5) is 33.0. The summed E-state index contributed by atoms with van der Waals surface area (Å²) in [6.07, 6.45) is 0.610. The summed E-state index contributed by atoms with van der Waals surface area (Å²) in [5.74, 6) is 0.392. The van der Waals surface area contributed by atoms with Gasteiger partial charge in [0, 0.05) is 17.8 Å². The quantitative estimate of drug-likeness (QED) is 0.640. The van der Waals surface area contributed by atoms with Crippen molar-refractivity contribution in [2.24, 2.45) is 0 Å². The van der Waals surface area contributed by atoms with Crippen LogP contribution in [0, 0.1) is 6.92 Å². The average molecular weight is 342 g/mol. The maximum Gasteiger partial charge on any atom is 0.261 e. The fourth-order valence-corrected chi connectivity index (χ4v) is 3.10. The highest BCUT2D eigenvalue weighted by Gasteiger charge is 2.10. The zero-order valence-electron chi connectivity index (χ0n) is 13.3. The van der Waals surface area contributed by atoms with E-state index in [9.17, 15) is 9.59 Å². The van der Waals surface area contributed by atoms with Gasteiger partial charge in [0.2, 0.25) is 5.91 Å². The molecule has 0 radical (unpaired) electrons. The van der Waals surface area contributed by atoms with Crippen LogP contribution in [0.2, 0.25) is 0 Å². The van der Waals surface area contributed by atoms with Gasteiger partial charge in [0.1, 0.15) is 5.82 Å². The molecule has 1 aromatic carbocycles. The van der Waals surface area contributed by atoms with Crippen molar-refractivity contribution in [1.29, 1.82) is 0 Å². The first-order chi connectivity index (χ1) is 11.6. The first-order valence-electron chi connectivity index (χ1n) is 7.67. The number of amides is 2. The summed E-state index contributed by atoms with van der Waals surface area (Å²) in [6, 6.07) is 11.4. The van der Waals surface area contributed by atoms with Crippen molar-refractivity contribution >= 4 is 34.2 Å². The predicted octanol–water partition coefficient (Wildman–Crippen LogP) is 2.02. The number of para-hydroxylation sites is 2. The van der Waals surface area contributed by atoms with Crippen LogP contribution in [-0.4, -0.2) is 34.9 Å². The van der Waals surface area contributed by atoms with Crippen LogP contribution in [0.25, 0.3) is 11.0 Å². The number of H-pyrrole nitrogens is 1. The SMILES string of the molecule is Cc1ccc(C(=O)NCC(=O)NCCc2nc3ccccc3[nH]2)s1. The van der Waals surface area contributed by atoms with Gasteiger partial charge >= 0.3 is 0 Å². The van der Waals surface area contributed by atoms with Crippen molar-refractivity contribution in [1.82, 2.24) is 20.6 Å². The zero-order chi connectivity index (χ0) is 16.9. The van der Waals surface area contributed by atoms with Crippen LogP contribution in [-0.2, 0) is 11.2 Å². The van der Waals surface area contributed by atoms with Gasteiger partial charge in [0.05, 0.1) is 22.5 Å².